The molecule has 1 unspecified atom stereocenters. The Labute approximate surface area is 115 Å². The molecule has 1 aromatic heterocycles. The fourth-order valence-electron chi connectivity index (χ4n) is 2.78. The van der Waals surface area contributed by atoms with Crippen LogP contribution in [-0.4, -0.2) is 20.9 Å². The second kappa shape index (κ2) is 4.74. The van der Waals surface area contributed by atoms with E-state index in [4.69, 9.17) is 0 Å². The molecule has 5 heteroatoms. The summed E-state index contributed by atoms with van der Waals surface area (Å²) >= 11 is 0. The average Bonchev–Trinajstić information content (AvgIpc) is 2.77. The monoisotopic (exact) mass is 274 g/mol. The number of carboxylic acid groups (broad SMARTS) is 1. The summed E-state index contributed by atoms with van der Waals surface area (Å²) in [6, 6.07) is 6.07. The van der Waals surface area contributed by atoms with Gasteiger partial charge in [0.1, 0.15) is 5.82 Å². The summed E-state index contributed by atoms with van der Waals surface area (Å²) in [6.45, 7) is 2.11. The Bertz CT molecular complexity index is 679. The van der Waals surface area contributed by atoms with E-state index in [0.29, 0.717) is 18.0 Å². The highest BCUT2D eigenvalue weighted by Crippen LogP contribution is 2.30. The number of benzene rings is 1. The number of carboxylic acids is 1. The van der Waals surface area contributed by atoms with Crippen molar-refractivity contribution < 1.29 is 14.3 Å². The van der Waals surface area contributed by atoms with Crippen LogP contribution in [0.3, 0.4) is 0 Å². The maximum atomic E-state index is 13.4. The minimum Gasteiger partial charge on any atom is -0.476 e. The van der Waals surface area contributed by atoms with E-state index in [2.05, 4.69) is 12.0 Å². The van der Waals surface area contributed by atoms with Crippen molar-refractivity contribution in [1.82, 2.24) is 9.78 Å². The highest BCUT2D eigenvalue weighted by Gasteiger charge is 2.27. The molecule has 0 spiro atoms. The molecular formula is C15H15FN2O2. The van der Waals surface area contributed by atoms with Crippen LogP contribution >= 0.6 is 0 Å². The Kier molecular flexibility index (Phi) is 3.04. The molecule has 0 amide bonds. The zero-order valence-corrected chi connectivity index (χ0v) is 11.1. The highest BCUT2D eigenvalue weighted by molar-refractivity contribution is 5.87. The summed E-state index contributed by atoms with van der Waals surface area (Å²) in [5.74, 6) is -0.927. The molecule has 1 aromatic carbocycles. The van der Waals surface area contributed by atoms with Crippen LogP contribution in [0, 0.1) is 11.7 Å². The molecule has 1 aliphatic carbocycles. The number of rotatable bonds is 2. The van der Waals surface area contributed by atoms with Gasteiger partial charge in [0.25, 0.3) is 0 Å². The molecule has 0 saturated heterocycles. The van der Waals surface area contributed by atoms with Gasteiger partial charge in [0, 0.05) is 11.3 Å². The fourth-order valence-corrected chi connectivity index (χ4v) is 2.78. The third kappa shape index (κ3) is 2.09. The summed E-state index contributed by atoms with van der Waals surface area (Å²) in [5, 5.41) is 13.5. The van der Waals surface area contributed by atoms with E-state index in [1.807, 2.05) is 0 Å². The zero-order valence-electron chi connectivity index (χ0n) is 11.1. The number of carbonyl (C=O) groups is 1. The minimum absolute atomic E-state index is 0.0933. The molecule has 1 heterocycles. The third-order valence-corrected chi connectivity index (χ3v) is 3.77. The molecule has 0 aliphatic heterocycles. The Morgan fingerprint density at radius 1 is 1.50 bits per heavy atom. The Morgan fingerprint density at radius 2 is 2.30 bits per heavy atom. The molecule has 4 nitrogen and oxygen atoms in total. The number of hydrogen-bond donors (Lipinski definition) is 1. The van der Waals surface area contributed by atoms with Crippen LogP contribution in [-0.2, 0) is 12.8 Å². The predicted molar refractivity (Wildman–Crippen MR) is 71.7 cm³/mol. The maximum absolute atomic E-state index is 13.4. The van der Waals surface area contributed by atoms with Gasteiger partial charge in [-0.05, 0) is 43.4 Å². The van der Waals surface area contributed by atoms with Gasteiger partial charge in [-0.25, -0.2) is 13.9 Å². The maximum Gasteiger partial charge on any atom is 0.356 e. The molecule has 0 radical (unpaired) electrons. The molecule has 0 bridgehead atoms. The number of halogens is 1. The first-order valence-corrected chi connectivity index (χ1v) is 6.66. The Balaban J connectivity index is 2.17. The fraction of sp³-hybridized carbons (Fsp3) is 0.333. The van der Waals surface area contributed by atoms with Crippen LogP contribution < -0.4 is 0 Å². The van der Waals surface area contributed by atoms with Crippen molar-refractivity contribution in [2.75, 3.05) is 0 Å². The molecule has 104 valence electrons. The summed E-state index contributed by atoms with van der Waals surface area (Å²) in [5.41, 5.74) is 2.35. The van der Waals surface area contributed by atoms with Crippen LogP contribution in [0.15, 0.2) is 24.3 Å². The van der Waals surface area contributed by atoms with E-state index >= 15 is 0 Å². The molecule has 3 rings (SSSR count). The number of hydrogen-bond acceptors (Lipinski definition) is 2. The zero-order chi connectivity index (χ0) is 14.3. The van der Waals surface area contributed by atoms with Crippen molar-refractivity contribution in [1.29, 1.82) is 0 Å². The number of aromatic carboxylic acids is 1. The van der Waals surface area contributed by atoms with Crippen molar-refractivity contribution in [2.24, 2.45) is 5.92 Å². The Hall–Kier alpha value is -2.17. The summed E-state index contributed by atoms with van der Waals surface area (Å²) in [7, 11) is 0. The Morgan fingerprint density at radius 3 is 3.00 bits per heavy atom. The van der Waals surface area contributed by atoms with Crippen LogP contribution in [0.2, 0.25) is 0 Å². The van der Waals surface area contributed by atoms with Crippen molar-refractivity contribution in [3.8, 4) is 5.69 Å². The normalized spacial score (nSPS) is 17.8. The summed E-state index contributed by atoms with van der Waals surface area (Å²) < 4.78 is 14.9. The lowest BCUT2D eigenvalue weighted by Crippen LogP contribution is -2.14. The van der Waals surface area contributed by atoms with Gasteiger partial charge in [0.15, 0.2) is 5.69 Å². The van der Waals surface area contributed by atoms with E-state index in [-0.39, 0.29) is 11.5 Å². The molecule has 1 atom stereocenters. The highest BCUT2D eigenvalue weighted by atomic mass is 19.1. The number of aromatic nitrogens is 2. The van der Waals surface area contributed by atoms with Gasteiger partial charge in [-0.1, -0.05) is 13.0 Å². The van der Waals surface area contributed by atoms with Gasteiger partial charge >= 0.3 is 5.97 Å². The quantitative estimate of drug-likeness (QED) is 0.916. The second-order valence-corrected chi connectivity index (χ2v) is 5.32. The number of fused-ring (bicyclic) bond motifs is 1. The first kappa shape index (κ1) is 12.8. The van der Waals surface area contributed by atoms with E-state index in [0.717, 1.165) is 24.1 Å². The first-order chi connectivity index (χ1) is 9.56. The van der Waals surface area contributed by atoms with Gasteiger partial charge in [-0.15, -0.1) is 0 Å². The first-order valence-electron chi connectivity index (χ1n) is 6.66. The predicted octanol–water partition coefficient (Wildman–Crippen LogP) is 2.83. The lowest BCUT2D eigenvalue weighted by atomic mass is 9.87. The summed E-state index contributed by atoms with van der Waals surface area (Å²) in [4.78, 5) is 11.3. The molecule has 2 aromatic rings. The van der Waals surface area contributed by atoms with Crippen molar-refractivity contribution >= 4 is 5.97 Å². The molecule has 1 N–H and O–H groups in total. The van der Waals surface area contributed by atoms with Crippen molar-refractivity contribution in [3.63, 3.8) is 0 Å². The number of nitrogens with zero attached hydrogens (tertiary/aromatic N) is 2. The van der Waals surface area contributed by atoms with Gasteiger partial charge in [0.2, 0.25) is 0 Å². The summed E-state index contributed by atoms with van der Waals surface area (Å²) in [6.07, 6.45) is 2.48. The van der Waals surface area contributed by atoms with Gasteiger partial charge < -0.3 is 5.11 Å². The molecule has 0 saturated carbocycles. The lowest BCUT2D eigenvalue weighted by Gasteiger charge is -2.19. The topological polar surface area (TPSA) is 55.1 Å². The van der Waals surface area contributed by atoms with Gasteiger partial charge in [-0.2, -0.15) is 5.10 Å². The van der Waals surface area contributed by atoms with Gasteiger partial charge in [0.05, 0.1) is 5.69 Å². The van der Waals surface area contributed by atoms with E-state index in [9.17, 15) is 14.3 Å². The molecule has 0 fully saturated rings. The minimum atomic E-state index is -1.02. The van der Waals surface area contributed by atoms with Crippen LogP contribution in [0.5, 0.6) is 0 Å². The van der Waals surface area contributed by atoms with Crippen molar-refractivity contribution in [2.45, 2.75) is 26.2 Å². The average molecular weight is 274 g/mol. The van der Waals surface area contributed by atoms with Crippen molar-refractivity contribution in [3.05, 3.63) is 47.0 Å². The van der Waals surface area contributed by atoms with Crippen LogP contribution in [0.1, 0.15) is 35.1 Å². The smallest absolute Gasteiger partial charge is 0.356 e. The van der Waals surface area contributed by atoms with Gasteiger partial charge in [-0.3, -0.25) is 0 Å². The van der Waals surface area contributed by atoms with E-state index in [1.54, 1.807) is 16.8 Å². The second-order valence-electron chi connectivity index (χ2n) is 5.32. The lowest BCUT2D eigenvalue weighted by molar-refractivity contribution is 0.0688. The molecule has 1 aliphatic rings. The molecule has 20 heavy (non-hydrogen) atoms. The largest absolute Gasteiger partial charge is 0.476 e. The van der Waals surface area contributed by atoms with E-state index < -0.39 is 5.97 Å². The van der Waals surface area contributed by atoms with Crippen LogP contribution in [0.25, 0.3) is 5.69 Å². The standard InChI is InChI=1S/C15H15FN2O2/c1-9-5-6-13-12(7-9)14(15(19)20)17-18(13)11-4-2-3-10(16)8-11/h2-4,8-9H,5-7H2,1H3,(H,19,20). The van der Waals surface area contributed by atoms with Crippen LogP contribution in [0.4, 0.5) is 4.39 Å². The SMILES string of the molecule is CC1CCc2c(c(C(=O)O)nn2-c2cccc(F)c2)C1. The molecular weight excluding hydrogens is 259 g/mol. The van der Waals surface area contributed by atoms with E-state index in [1.165, 1.54) is 12.1 Å². The third-order valence-electron chi connectivity index (χ3n) is 3.77.